The number of morpholine rings is 1. The number of ether oxygens (including phenoxy) is 1. The smallest absolute Gasteiger partial charge is 0.274 e. The van der Waals surface area contributed by atoms with Crippen LogP contribution in [0.2, 0.25) is 0 Å². The molecule has 1 saturated heterocycles. The Balaban J connectivity index is 1.43. The van der Waals surface area contributed by atoms with Gasteiger partial charge in [-0.15, -0.1) is 0 Å². The summed E-state index contributed by atoms with van der Waals surface area (Å²) in [6.45, 7) is 2.87. The zero-order valence-electron chi connectivity index (χ0n) is 14.3. The van der Waals surface area contributed by atoms with Gasteiger partial charge in [-0.05, 0) is 24.0 Å². The van der Waals surface area contributed by atoms with Gasteiger partial charge in [-0.2, -0.15) is 9.50 Å². The van der Waals surface area contributed by atoms with Gasteiger partial charge in [-0.1, -0.05) is 24.3 Å². The number of hydrogen-bond donors (Lipinski definition) is 2. The van der Waals surface area contributed by atoms with Crippen molar-refractivity contribution in [2.24, 2.45) is 0 Å². The summed E-state index contributed by atoms with van der Waals surface area (Å²) < 4.78 is 7.51. The van der Waals surface area contributed by atoms with Crippen molar-refractivity contribution in [3.8, 4) is 0 Å². The summed E-state index contributed by atoms with van der Waals surface area (Å²) in [6.07, 6.45) is 2.04. The molecule has 2 aliphatic rings. The van der Waals surface area contributed by atoms with Gasteiger partial charge in [-0.3, -0.25) is 14.8 Å². The van der Waals surface area contributed by atoms with E-state index in [4.69, 9.17) is 10.5 Å². The summed E-state index contributed by atoms with van der Waals surface area (Å²) >= 11 is 0. The second-order valence-corrected chi connectivity index (χ2v) is 7.04. The SMILES string of the molecule is Nc1nc2nc(CN3CCOC4(CCc5ccccc54)C3)cc(=O)n2[nH]1. The van der Waals surface area contributed by atoms with E-state index < -0.39 is 0 Å². The first-order valence-corrected chi connectivity index (χ1v) is 8.82. The fraction of sp³-hybridized carbons (Fsp3) is 0.389. The van der Waals surface area contributed by atoms with Crippen molar-refractivity contribution in [2.45, 2.75) is 25.0 Å². The molecule has 0 bridgehead atoms. The standard InChI is InChI=1S/C18H20N6O2/c19-16-21-17-20-13(9-15(25)24(17)22-16)10-23-7-8-26-18(11-23)6-5-12-3-1-2-4-14(12)18/h1-4,9H,5-8,10-11H2,(H3,19,20,21,22). The topological polar surface area (TPSA) is 102 Å². The highest BCUT2D eigenvalue weighted by atomic mass is 16.5. The van der Waals surface area contributed by atoms with Crippen LogP contribution >= 0.6 is 0 Å². The number of hydrogen-bond acceptors (Lipinski definition) is 6. The van der Waals surface area contributed by atoms with Crippen molar-refractivity contribution in [3.05, 3.63) is 57.5 Å². The number of fused-ring (bicyclic) bond motifs is 3. The van der Waals surface area contributed by atoms with E-state index in [1.807, 2.05) is 0 Å². The average Bonchev–Trinajstić information content (AvgIpc) is 3.17. The van der Waals surface area contributed by atoms with E-state index in [2.05, 4.69) is 44.2 Å². The first-order valence-electron chi connectivity index (χ1n) is 8.82. The Hall–Kier alpha value is -2.71. The highest BCUT2D eigenvalue weighted by molar-refractivity contribution is 5.38. The lowest BCUT2D eigenvalue weighted by Gasteiger charge is -2.41. The van der Waals surface area contributed by atoms with Gasteiger partial charge in [0.25, 0.3) is 11.3 Å². The van der Waals surface area contributed by atoms with E-state index in [9.17, 15) is 4.79 Å². The van der Waals surface area contributed by atoms with Crippen molar-refractivity contribution < 1.29 is 4.74 Å². The third-order valence-electron chi connectivity index (χ3n) is 5.36. The lowest BCUT2D eigenvalue weighted by atomic mass is 9.93. The summed E-state index contributed by atoms with van der Waals surface area (Å²) in [5.74, 6) is 0.485. The molecule has 1 aliphatic heterocycles. The minimum atomic E-state index is -0.245. The molecule has 1 spiro atoms. The van der Waals surface area contributed by atoms with Gasteiger partial charge in [0.2, 0.25) is 5.95 Å². The zero-order chi connectivity index (χ0) is 17.7. The Morgan fingerprint density at radius 2 is 2.19 bits per heavy atom. The number of H-pyrrole nitrogens is 1. The molecule has 134 valence electrons. The number of aromatic nitrogens is 4. The Labute approximate surface area is 149 Å². The fourth-order valence-corrected chi connectivity index (χ4v) is 4.21. The van der Waals surface area contributed by atoms with Crippen LogP contribution < -0.4 is 11.3 Å². The highest BCUT2D eigenvalue weighted by Crippen LogP contribution is 2.42. The Bertz CT molecular complexity index is 1040. The van der Waals surface area contributed by atoms with Crippen LogP contribution in [0.3, 0.4) is 0 Å². The molecular formula is C18H20N6O2. The Kier molecular flexibility index (Phi) is 3.38. The monoisotopic (exact) mass is 352 g/mol. The number of nitrogens with zero attached hydrogens (tertiary/aromatic N) is 4. The third-order valence-corrected chi connectivity index (χ3v) is 5.36. The van der Waals surface area contributed by atoms with Crippen LogP contribution in [0, 0.1) is 0 Å². The number of anilines is 1. The minimum absolute atomic E-state index is 0.180. The van der Waals surface area contributed by atoms with Crippen molar-refractivity contribution in [3.63, 3.8) is 0 Å². The van der Waals surface area contributed by atoms with Gasteiger partial charge in [0.1, 0.15) is 5.60 Å². The Morgan fingerprint density at radius 1 is 1.31 bits per heavy atom. The van der Waals surface area contributed by atoms with Gasteiger partial charge >= 0.3 is 0 Å². The molecule has 1 fully saturated rings. The Morgan fingerprint density at radius 3 is 3.12 bits per heavy atom. The minimum Gasteiger partial charge on any atom is -0.368 e. The van der Waals surface area contributed by atoms with E-state index in [-0.39, 0.29) is 17.1 Å². The maximum absolute atomic E-state index is 12.2. The summed E-state index contributed by atoms with van der Waals surface area (Å²) in [5.41, 5.74) is 8.55. The first kappa shape index (κ1) is 15.5. The van der Waals surface area contributed by atoms with E-state index in [0.717, 1.165) is 25.9 Å². The third kappa shape index (κ3) is 2.41. The highest BCUT2D eigenvalue weighted by Gasteiger charge is 2.43. The zero-order valence-corrected chi connectivity index (χ0v) is 14.3. The number of nitrogen functional groups attached to an aromatic ring is 1. The number of aryl methyl sites for hydroxylation is 1. The lowest BCUT2D eigenvalue weighted by molar-refractivity contribution is -0.116. The molecule has 3 aromatic rings. The predicted octanol–water partition coefficient (Wildman–Crippen LogP) is 0.674. The summed E-state index contributed by atoms with van der Waals surface area (Å²) in [6, 6.07) is 10.1. The molecule has 8 nitrogen and oxygen atoms in total. The van der Waals surface area contributed by atoms with E-state index >= 15 is 0 Å². The summed E-state index contributed by atoms with van der Waals surface area (Å²) in [7, 11) is 0. The molecule has 2 aromatic heterocycles. The van der Waals surface area contributed by atoms with Crippen LogP contribution in [0.5, 0.6) is 0 Å². The van der Waals surface area contributed by atoms with Crippen molar-refractivity contribution in [2.75, 3.05) is 25.4 Å². The molecular weight excluding hydrogens is 332 g/mol. The molecule has 5 rings (SSSR count). The van der Waals surface area contributed by atoms with Crippen LogP contribution in [-0.4, -0.2) is 44.2 Å². The second-order valence-electron chi connectivity index (χ2n) is 7.04. The average molecular weight is 352 g/mol. The first-order chi connectivity index (χ1) is 12.6. The summed E-state index contributed by atoms with van der Waals surface area (Å²) in [5, 5.41) is 2.68. The van der Waals surface area contributed by atoms with Crippen molar-refractivity contribution in [1.82, 2.24) is 24.5 Å². The number of nitrogens with two attached hydrogens (primary N) is 1. The van der Waals surface area contributed by atoms with Gasteiger partial charge < -0.3 is 10.5 Å². The molecule has 3 heterocycles. The van der Waals surface area contributed by atoms with Gasteiger partial charge in [0.05, 0.1) is 12.3 Å². The number of aromatic amines is 1. The van der Waals surface area contributed by atoms with Crippen LogP contribution in [0.25, 0.3) is 5.78 Å². The van der Waals surface area contributed by atoms with Crippen LogP contribution in [-0.2, 0) is 23.3 Å². The molecule has 26 heavy (non-hydrogen) atoms. The van der Waals surface area contributed by atoms with Crippen LogP contribution in [0.4, 0.5) is 5.95 Å². The van der Waals surface area contributed by atoms with Crippen molar-refractivity contribution >= 4 is 11.7 Å². The molecule has 3 N–H and O–H groups in total. The number of nitrogens with one attached hydrogen (secondary N) is 1. The maximum Gasteiger partial charge on any atom is 0.274 e. The molecule has 1 aliphatic carbocycles. The van der Waals surface area contributed by atoms with Gasteiger partial charge in [0, 0.05) is 25.7 Å². The molecule has 1 aromatic carbocycles. The fourth-order valence-electron chi connectivity index (χ4n) is 4.21. The molecule has 1 atom stereocenters. The van der Waals surface area contributed by atoms with Crippen molar-refractivity contribution in [1.29, 1.82) is 0 Å². The molecule has 0 saturated carbocycles. The maximum atomic E-state index is 12.2. The lowest BCUT2D eigenvalue weighted by Crippen LogP contribution is -2.48. The number of rotatable bonds is 2. The van der Waals surface area contributed by atoms with Crippen LogP contribution in [0.15, 0.2) is 35.1 Å². The molecule has 0 amide bonds. The molecule has 0 radical (unpaired) electrons. The largest absolute Gasteiger partial charge is 0.368 e. The quantitative estimate of drug-likeness (QED) is 0.703. The van der Waals surface area contributed by atoms with Gasteiger partial charge in [0.15, 0.2) is 0 Å². The summed E-state index contributed by atoms with van der Waals surface area (Å²) in [4.78, 5) is 23.1. The van der Waals surface area contributed by atoms with Crippen LogP contribution in [0.1, 0.15) is 23.2 Å². The number of benzene rings is 1. The van der Waals surface area contributed by atoms with E-state index in [1.165, 1.54) is 21.7 Å². The van der Waals surface area contributed by atoms with E-state index in [1.54, 1.807) is 0 Å². The van der Waals surface area contributed by atoms with Gasteiger partial charge in [-0.25, -0.2) is 4.98 Å². The second kappa shape index (κ2) is 5.65. The normalized spacial score (nSPS) is 22.9. The van der Waals surface area contributed by atoms with E-state index in [0.29, 0.717) is 24.6 Å². The molecule has 8 heteroatoms. The molecule has 1 unspecified atom stereocenters. The predicted molar refractivity (Wildman–Crippen MR) is 95.7 cm³/mol.